The summed E-state index contributed by atoms with van der Waals surface area (Å²) in [6.45, 7) is 4.30. The van der Waals surface area contributed by atoms with Gasteiger partial charge in [0.15, 0.2) is 0 Å². The van der Waals surface area contributed by atoms with Crippen molar-refractivity contribution in [3.63, 3.8) is 0 Å². The van der Waals surface area contributed by atoms with Gasteiger partial charge in [0.25, 0.3) is 11.5 Å². The number of fused-ring (bicyclic) bond motifs is 1. The number of pyridine rings is 1. The molecule has 0 saturated carbocycles. The van der Waals surface area contributed by atoms with E-state index in [9.17, 15) is 9.59 Å². The number of carbonyl (C=O) groups is 1. The van der Waals surface area contributed by atoms with Crippen molar-refractivity contribution < 1.29 is 4.79 Å². The lowest BCUT2D eigenvalue weighted by Gasteiger charge is -2.29. The highest BCUT2D eigenvalue weighted by Gasteiger charge is 2.24. The lowest BCUT2D eigenvalue weighted by Crippen LogP contribution is -2.40. The molecule has 0 aliphatic carbocycles. The summed E-state index contributed by atoms with van der Waals surface area (Å²) >= 11 is 6.26. The van der Waals surface area contributed by atoms with Crippen molar-refractivity contribution in [3.05, 3.63) is 81.4 Å². The predicted octanol–water partition coefficient (Wildman–Crippen LogP) is 3.79. The van der Waals surface area contributed by atoms with E-state index in [0.717, 1.165) is 12.0 Å². The smallest absolute Gasteiger partial charge is 0.270 e. The average molecular weight is 370 g/mol. The molecule has 0 aliphatic rings. The zero-order valence-electron chi connectivity index (χ0n) is 14.7. The van der Waals surface area contributed by atoms with Crippen LogP contribution in [-0.4, -0.2) is 26.2 Å². The van der Waals surface area contributed by atoms with Crippen LogP contribution in [0.25, 0.3) is 5.65 Å². The number of halogens is 1. The van der Waals surface area contributed by atoms with E-state index in [1.807, 2.05) is 32.0 Å². The number of carbonyl (C=O) groups excluding carboxylic acids is 1. The highest BCUT2D eigenvalue weighted by atomic mass is 35.5. The molecule has 0 radical (unpaired) electrons. The molecule has 0 N–H and O–H groups in total. The maximum Gasteiger partial charge on any atom is 0.270 e. The highest BCUT2D eigenvalue weighted by Crippen LogP contribution is 2.20. The van der Waals surface area contributed by atoms with Crippen LogP contribution in [0.15, 0.2) is 59.7 Å². The van der Waals surface area contributed by atoms with Gasteiger partial charge in [0, 0.05) is 30.0 Å². The van der Waals surface area contributed by atoms with Crippen LogP contribution < -0.4 is 5.56 Å². The van der Waals surface area contributed by atoms with Crippen LogP contribution in [0.1, 0.15) is 36.2 Å². The second-order valence-corrected chi connectivity index (χ2v) is 6.59. The van der Waals surface area contributed by atoms with Gasteiger partial charge in [-0.2, -0.15) is 0 Å². The largest absolute Gasteiger partial charge is 0.331 e. The van der Waals surface area contributed by atoms with E-state index in [1.165, 1.54) is 10.6 Å². The Morgan fingerprint density at radius 2 is 1.96 bits per heavy atom. The molecule has 1 amide bonds. The van der Waals surface area contributed by atoms with Crippen LogP contribution in [0, 0.1) is 0 Å². The third kappa shape index (κ3) is 3.48. The summed E-state index contributed by atoms with van der Waals surface area (Å²) in [6, 6.07) is 12.6. The van der Waals surface area contributed by atoms with Crippen LogP contribution >= 0.6 is 11.6 Å². The Hall–Kier alpha value is -2.66. The van der Waals surface area contributed by atoms with Gasteiger partial charge in [-0.25, -0.2) is 4.98 Å². The van der Waals surface area contributed by atoms with E-state index in [1.54, 1.807) is 35.4 Å². The monoisotopic (exact) mass is 369 g/mol. The minimum absolute atomic E-state index is 0.0466. The third-order valence-corrected chi connectivity index (χ3v) is 4.89. The number of nitrogens with zero attached hydrogens (tertiary/aromatic N) is 3. The standard InChI is InChI=1S/C20H20ClN3O2/c1-3-14(2)24(13-15-8-4-5-9-17(15)21)20(26)16-12-22-18-10-6-7-11-23(18)19(16)25/h4-12,14H,3,13H2,1-2H3/t14-/m1/s1. The lowest BCUT2D eigenvalue weighted by atomic mass is 10.1. The summed E-state index contributed by atoms with van der Waals surface area (Å²) in [5.74, 6) is -0.338. The van der Waals surface area contributed by atoms with Crippen molar-refractivity contribution in [1.82, 2.24) is 14.3 Å². The second kappa shape index (κ2) is 7.70. The molecule has 0 unspecified atom stereocenters. The first-order valence-corrected chi connectivity index (χ1v) is 8.91. The summed E-state index contributed by atoms with van der Waals surface area (Å²) in [5, 5.41) is 0.599. The summed E-state index contributed by atoms with van der Waals surface area (Å²) < 4.78 is 1.39. The molecule has 0 fully saturated rings. The van der Waals surface area contributed by atoms with Crippen LogP contribution in [0.2, 0.25) is 5.02 Å². The summed E-state index contributed by atoms with van der Waals surface area (Å²) in [4.78, 5) is 31.8. The number of hydrogen-bond donors (Lipinski definition) is 0. The molecule has 0 spiro atoms. The number of hydrogen-bond acceptors (Lipinski definition) is 3. The van der Waals surface area contributed by atoms with Crippen molar-refractivity contribution in [3.8, 4) is 0 Å². The Kier molecular flexibility index (Phi) is 5.38. The first kappa shape index (κ1) is 18.1. The Balaban J connectivity index is 2.02. The minimum atomic E-state index is -0.368. The molecule has 26 heavy (non-hydrogen) atoms. The van der Waals surface area contributed by atoms with E-state index >= 15 is 0 Å². The Morgan fingerprint density at radius 3 is 2.69 bits per heavy atom. The molecular formula is C20H20ClN3O2. The zero-order valence-corrected chi connectivity index (χ0v) is 15.5. The normalized spacial score (nSPS) is 12.1. The molecule has 134 valence electrons. The van der Waals surface area contributed by atoms with Crippen LogP contribution in [0.3, 0.4) is 0 Å². The van der Waals surface area contributed by atoms with Crippen molar-refractivity contribution in [2.24, 2.45) is 0 Å². The average Bonchev–Trinajstić information content (AvgIpc) is 2.67. The molecule has 1 atom stereocenters. The Labute approximate surface area is 156 Å². The summed E-state index contributed by atoms with van der Waals surface area (Å²) in [7, 11) is 0. The van der Waals surface area contributed by atoms with Crippen molar-refractivity contribution in [1.29, 1.82) is 0 Å². The predicted molar refractivity (Wildman–Crippen MR) is 103 cm³/mol. The Morgan fingerprint density at radius 1 is 1.23 bits per heavy atom. The molecule has 0 bridgehead atoms. The first-order chi connectivity index (χ1) is 12.5. The number of aromatic nitrogens is 2. The number of amides is 1. The lowest BCUT2D eigenvalue weighted by molar-refractivity contribution is 0.0669. The summed E-state index contributed by atoms with van der Waals surface area (Å²) in [5.41, 5.74) is 1.04. The molecule has 0 aliphatic heterocycles. The van der Waals surface area contributed by atoms with Gasteiger partial charge in [-0.05, 0) is 37.1 Å². The van der Waals surface area contributed by atoms with Gasteiger partial charge < -0.3 is 4.90 Å². The van der Waals surface area contributed by atoms with Gasteiger partial charge in [-0.3, -0.25) is 14.0 Å². The van der Waals surface area contributed by atoms with Crippen molar-refractivity contribution >= 4 is 23.2 Å². The fraction of sp³-hybridized carbons (Fsp3) is 0.250. The zero-order chi connectivity index (χ0) is 18.7. The molecular weight excluding hydrogens is 350 g/mol. The van der Waals surface area contributed by atoms with Gasteiger partial charge in [0.05, 0.1) is 0 Å². The Bertz CT molecular complexity index is 1000. The second-order valence-electron chi connectivity index (χ2n) is 6.19. The highest BCUT2D eigenvalue weighted by molar-refractivity contribution is 6.31. The quantitative estimate of drug-likeness (QED) is 0.687. The van der Waals surface area contributed by atoms with E-state index in [0.29, 0.717) is 17.2 Å². The summed E-state index contributed by atoms with van der Waals surface area (Å²) in [6.07, 6.45) is 3.74. The maximum atomic E-state index is 13.2. The fourth-order valence-electron chi connectivity index (χ4n) is 2.79. The van der Waals surface area contributed by atoms with Gasteiger partial charge >= 0.3 is 0 Å². The van der Waals surface area contributed by atoms with Crippen LogP contribution in [0.4, 0.5) is 0 Å². The molecule has 1 aromatic carbocycles. The van der Waals surface area contributed by atoms with E-state index in [4.69, 9.17) is 11.6 Å². The van der Waals surface area contributed by atoms with Gasteiger partial charge in [0.2, 0.25) is 0 Å². The topological polar surface area (TPSA) is 54.7 Å². The molecule has 6 heteroatoms. The SMILES string of the molecule is CC[C@@H](C)N(Cc1ccccc1Cl)C(=O)c1cnc2ccccn2c1=O. The molecule has 3 aromatic rings. The molecule has 0 saturated heterocycles. The molecule has 3 rings (SSSR count). The molecule has 2 aromatic heterocycles. The van der Waals surface area contributed by atoms with E-state index < -0.39 is 0 Å². The molecule has 2 heterocycles. The van der Waals surface area contributed by atoms with Crippen LogP contribution in [0.5, 0.6) is 0 Å². The van der Waals surface area contributed by atoms with Gasteiger partial charge in [-0.1, -0.05) is 42.8 Å². The van der Waals surface area contributed by atoms with E-state index in [-0.39, 0.29) is 23.1 Å². The number of benzene rings is 1. The number of rotatable bonds is 5. The first-order valence-electron chi connectivity index (χ1n) is 8.53. The van der Waals surface area contributed by atoms with E-state index in [2.05, 4.69) is 4.98 Å². The molecule has 5 nitrogen and oxygen atoms in total. The third-order valence-electron chi connectivity index (χ3n) is 4.53. The van der Waals surface area contributed by atoms with Gasteiger partial charge in [-0.15, -0.1) is 0 Å². The minimum Gasteiger partial charge on any atom is -0.331 e. The van der Waals surface area contributed by atoms with Crippen molar-refractivity contribution in [2.75, 3.05) is 0 Å². The van der Waals surface area contributed by atoms with Crippen molar-refractivity contribution in [2.45, 2.75) is 32.9 Å². The van der Waals surface area contributed by atoms with Gasteiger partial charge in [0.1, 0.15) is 11.2 Å². The van der Waals surface area contributed by atoms with Crippen LogP contribution in [-0.2, 0) is 6.54 Å². The fourth-order valence-corrected chi connectivity index (χ4v) is 2.98. The maximum absolute atomic E-state index is 13.2.